The Morgan fingerprint density at radius 2 is 2.05 bits per heavy atom. The van der Waals surface area contributed by atoms with Crippen LogP contribution in [0.25, 0.3) is 0 Å². The third kappa shape index (κ3) is 4.30. The van der Waals surface area contributed by atoms with Crippen LogP contribution in [0, 0.1) is 0 Å². The number of sulfone groups is 1. The number of hydrogen-bond donors (Lipinski definition) is 1. The summed E-state index contributed by atoms with van der Waals surface area (Å²) in [6, 6.07) is 7.26. The number of carbonyl (C=O) groups excluding carboxylic acids is 1. The average molecular weight is 325 g/mol. The van der Waals surface area contributed by atoms with Gasteiger partial charge in [0.1, 0.15) is 5.75 Å². The van der Waals surface area contributed by atoms with Crippen LogP contribution in [0.5, 0.6) is 0 Å². The number of anilines is 1. The van der Waals surface area contributed by atoms with E-state index in [9.17, 15) is 13.2 Å². The van der Waals surface area contributed by atoms with Gasteiger partial charge in [0.25, 0.3) is 0 Å². The van der Waals surface area contributed by atoms with Crippen molar-refractivity contribution in [3.8, 4) is 0 Å². The van der Waals surface area contributed by atoms with Crippen molar-refractivity contribution in [2.75, 3.05) is 18.2 Å². The lowest BCUT2D eigenvalue weighted by molar-refractivity contribution is -0.113. The zero-order valence-electron chi connectivity index (χ0n) is 13.0. The minimum absolute atomic E-state index is 0.0842. The Bertz CT molecular complexity index is 621. The fourth-order valence-corrected chi connectivity index (χ4v) is 4.48. The molecule has 2 rings (SSSR count). The molecule has 22 heavy (non-hydrogen) atoms. The fourth-order valence-electron chi connectivity index (χ4n) is 2.75. The number of ether oxygens (including phenoxy) is 1. The van der Waals surface area contributed by atoms with E-state index < -0.39 is 21.5 Å². The van der Waals surface area contributed by atoms with Crippen molar-refractivity contribution >= 4 is 21.4 Å². The zero-order valence-corrected chi connectivity index (χ0v) is 13.9. The first kappa shape index (κ1) is 17.0. The smallest absolute Gasteiger partial charge is 0.239 e. The van der Waals surface area contributed by atoms with Gasteiger partial charge in [-0.2, -0.15) is 0 Å². The van der Waals surface area contributed by atoms with Crippen LogP contribution in [0.15, 0.2) is 24.3 Å². The van der Waals surface area contributed by atoms with Crippen molar-refractivity contribution in [1.29, 1.82) is 0 Å². The summed E-state index contributed by atoms with van der Waals surface area (Å²) >= 11 is 0. The van der Waals surface area contributed by atoms with Crippen LogP contribution in [0.2, 0.25) is 0 Å². The summed E-state index contributed by atoms with van der Waals surface area (Å²) in [4.78, 5) is 12.0. The van der Waals surface area contributed by atoms with Crippen molar-refractivity contribution in [1.82, 2.24) is 0 Å². The molecule has 0 saturated heterocycles. The highest BCUT2D eigenvalue weighted by atomic mass is 32.2. The molecule has 0 bridgehead atoms. The highest BCUT2D eigenvalue weighted by Gasteiger charge is 2.30. The predicted molar refractivity (Wildman–Crippen MR) is 86.5 cm³/mol. The third-order valence-corrected chi connectivity index (χ3v) is 6.29. The monoisotopic (exact) mass is 325 g/mol. The number of nitrogens with one attached hydrogen (secondary N) is 1. The predicted octanol–water partition coefficient (Wildman–Crippen LogP) is 2.69. The molecule has 0 aromatic heterocycles. The molecule has 1 aliphatic rings. The first-order valence-electron chi connectivity index (χ1n) is 7.56. The van der Waals surface area contributed by atoms with Gasteiger partial charge in [-0.05, 0) is 37.5 Å². The molecule has 0 spiro atoms. The maximum absolute atomic E-state index is 12.2. The van der Waals surface area contributed by atoms with Crippen LogP contribution < -0.4 is 5.32 Å². The number of benzene rings is 1. The summed E-state index contributed by atoms with van der Waals surface area (Å²) in [7, 11) is -1.73. The molecule has 1 aliphatic carbocycles. The van der Waals surface area contributed by atoms with Crippen molar-refractivity contribution in [3.05, 3.63) is 29.8 Å². The van der Waals surface area contributed by atoms with Crippen LogP contribution in [-0.2, 0) is 19.4 Å². The maximum atomic E-state index is 12.2. The number of methoxy groups -OCH3 is 1. The van der Waals surface area contributed by atoms with Gasteiger partial charge in [0.05, 0.1) is 11.4 Å². The molecule has 122 valence electrons. The molecule has 1 saturated carbocycles. The second-order valence-corrected chi connectivity index (χ2v) is 8.05. The maximum Gasteiger partial charge on any atom is 0.239 e. The molecule has 6 heteroatoms. The number of amides is 1. The van der Waals surface area contributed by atoms with Gasteiger partial charge in [-0.3, -0.25) is 4.79 Å². The van der Waals surface area contributed by atoms with Crippen LogP contribution in [0.1, 0.15) is 44.3 Å². The first-order chi connectivity index (χ1) is 10.4. The summed E-state index contributed by atoms with van der Waals surface area (Å²) in [6.07, 6.45) is 3.14. The van der Waals surface area contributed by atoms with E-state index in [1.165, 1.54) is 0 Å². The molecule has 0 radical (unpaired) electrons. The van der Waals surface area contributed by atoms with Gasteiger partial charge in [-0.25, -0.2) is 8.42 Å². The Balaban J connectivity index is 2.00. The van der Waals surface area contributed by atoms with Gasteiger partial charge < -0.3 is 10.1 Å². The second kappa shape index (κ2) is 7.24. The van der Waals surface area contributed by atoms with Gasteiger partial charge in [0.2, 0.25) is 5.91 Å². The quantitative estimate of drug-likeness (QED) is 0.873. The van der Waals surface area contributed by atoms with Gasteiger partial charge in [0.15, 0.2) is 9.84 Å². The summed E-state index contributed by atoms with van der Waals surface area (Å²) < 4.78 is 29.6. The molecule has 5 nitrogen and oxygen atoms in total. The molecule has 1 unspecified atom stereocenters. The van der Waals surface area contributed by atoms with E-state index in [2.05, 4.69) is 5.32 Å². The van der Waals surface area contributed by atoms with Gasteiger partial charge >= 0.3 is 0 Å². The summed E-state index contributed by atoms with van der Waals surface area (Å²) in [5.41, 5.74) is 1.52. The summed E-state index contributed by atoms with van der Waals surface area (Å²) in [6.45, 7) is 1.91. The van der Waals surface area contributed by atoms with Crippen molar-refractivity contribution < 1.29 is 17.9 Å². The van der Waals surface area contributed by atoms with E-state index in [4.69, 9.17) is 4.74 Å². The Kier molecular flexibility index (Phi) is 5.58. The van der Waals surface area contributed by atoms with E-state index in [1.54, 1.807) is 19.2 Å². The Morgan fingerprint density at radius 3 is 2.68 bits per heavy atom. The summed E-state index contributed by atoms with van der Waals surface area (Å²) in [5.74, 6) is -0.920. The first-order valence-corrected chi connectivity index (χ1v) is 9.28. The highest BCUT2D eigenvalue weighted by molar-refractivity contribution is 7.92. The van der Waals surface area contributed by atoms with Gasteiger partial charge in [-0.15, -0.1) is 0 Å². The Labute approximate surface area is 132 Å². The zero-order chi connectivity index (χ0) is 16.2. The molecule has 0 heterocycles. The molecule has 1 N–H and O–H groups in total. The number of rotatable bonds is 6. The van der Waals surface area contributed by atoms with Gasteiger partial charge in [-0.1, -0.05) is 25.0 Å². The van der Waals surface area contributed by atoms with Crippen LogP contribution in [0.4, 0.5) is 5.69 Å². The fraction of sp³-hybridized carbons (Fsp3) is 0.562. The minimum atomic E-state index is -3.35. The van der Waals surface area contributed by atoms with Crippen molar-refractivity contribution in [3.63, 3.8) is 0 Å². The molecular formula is C16H23NO4S. The lowest BCUT2D eigenvalue weighted by atomic mass is 10.1. The average Bonchev–Trinajstić information content (AvgIpc) is 3.01. The third-order valence-electron chi connectivity index (χ3n) is 4.14. The lowest BCUT2D eigenvalue weighted by Gasteiger charge is -2.13. The Morgan fingerprint density at radius 1 is 1.36 bits per heavy atom. The largest absolute Gasteiger partial charge is 0.377 e. The molecule has 1 aromatic carbocycles. The van der Waals surface area contributed by atoms with E-state index in [-0.39, 0.29) is 11.4 Å². The molecule has 1 aromatic rings. The highest BCUT2D eigenvalue weighted by Crippen LogP contribution is 2.25. The molecule has 1 atom stereocenters. The molecule has 0 aliphatic heterocycles. The molecule has 1 amide bonds. The SMILES string of the molecule is COC(C)c1cccc(NC(=O)CS(=O)(=O)C2CCCC2)c1. The lowest BCUT2D eigenvalue weighted by Crippen LogP contribution is -2.29. The standard InChI is InChI=1S/C16H23NO4S/c1-12(21-2)13-6-5-7-14(10-13)17-16(18)11-22(19,20)15-8-3-4-9-15/h5-7,10,12,15H,3-4,8-9,11H2,1-2H3,(H,17,18). The molecule has 1 fully saturated rings. The van der Waals surface area contributed by atoms with Gasteiger partial charge in [0, 0.05) is 12.8 Å². The van der Waals surface area contributed by atoms with Crippen molar-refractivity contribution in [2.24, 2.45) is 0 Å². The minimum Gasteiger partial charge on any atom is -0.377 e. The van der Waals surface area contributed by atoms with Crippen LogP contribution in [0.3, 0.4) is 0 Å². The van der Waals surface area contributed by atoms with Crippen molar-refractivity contribution in [2.45, 2.75) is 44.0 Å². The van der Waals surface area contributed by atoms with Crippen LogP contribution >= 0.6 is 0 Å². The normalized spacial score (nSPS) is 17.4. The molecular weight excluding hydrogens is 302 g/mol. The van der Waals surface area contributed by atoms with E-state index in [1.807, 2.05) is 19.1 Å². The number of carbonyl (C=O) groups is 1. The van der Waals surface area contributed by atoms with Crippen LogP contribution in [-0.4, -0.2) is 32.4 Å². The number of hydrogen-bond acceptors (Lipinski definition) is 4. The van der Waals surface area contributed by atoms with E-state index in [0.29, 0.717) is 18.5 Å². The summed E-state index contributed by atoms with van der Waals surface area (Å²) in [5, 5.41) is 2.32. The Hall–Kier alpha value is -1.40. The second-order valence-electron chi connectivity index (χ2n) is 5.77. The van der Waals surface area contributed by atoms with E-state index >= 15 is 0 Å². The van der Waals surface area contributed by atoms with E-state index in [0.717, 1.165) is 18.4 Å². The topological polar surface area (TPSA) is 72.5 Å².